The first kappa shape index (κ1) is 15.7. The standard InChI is InChI=1S/C13H20N4O3S/c1-2-5-14-12-9-15-11(8-16-12)13(18)17-7-10-4-3-6-21(10,19)20/h8-10H,2-7H2,1H3,(H,14,16)(H,17,18). The molecule has 2 heterocycles. The molecule has 7 nitrogen and oxygen atoms in total. The summed E-state index contributed by atoms with van der Waals surface area (Å²) >= 11 is 0. The largest absolute Gasteiger partial charge is 0.369 e. The Morgan fingerprint density at radius 1 is 1.38 bits per heavy atom. The number of rotatable bonds is 6. The van der Waals surface area contributed by atoms with Gasteiger partial charge in [0.1, 0.15) is 11.5 Å². The molecule has 116 valence electrons. The van der Waals surface area contributed by atoms with Crippen LogP contribution in [-0.4, -0.2) is 48.4 Å². The zero-order valence-corrected chi connectivity index (χ0v) is 12.8. The van der Waals surface area contributed by atoms with Crippen molar-refractivity contribution in [2.45, 2.75) is 31.4 Å². The Hall–Kier alpha value is -1.70. The number of carbonyl (C=O) groups is 1. The number of amides is 1. The van der Waals surface area contributed by atoms with Gasteiger partial charge in [0.05, 0.1) is 23.4 Å². The van der Waals surface area contributed by atoms with Crippen molar-refractivity contribution in [1.82, 2.24) is 15.3 Å². The summed E-state index contributed by atoms with van der Waals surface area (Å²) in [7, 11) is -3.04. The minimum atomic E-state index is -3.04. The Bertz CT molecular complexity index is 586. The second-order valence-corrected chi connectivity index (χ2v) is 7.46. The van der Waals surface area contributed by atoms with Crippen LogP contribution in [0.15, 0.2) is 12.4 Å². The fraction of sp³-hybridized carbons (Fsp3) is 0.615. The molecule has 21 heavy (non-hydrogen) atoms. The lowest BCUT2D eigenvalue weighted by Crippen LogP contribution is -2.35. The molecule has 1 atom stereocenters. The van der Waals surface area contributed by atoms with E-state index in [0.717, 1.165) is 13.0 Å². The molecule has 8 heteroatoms. The SMILES string of the molecule is CCCNc1cnc(C(=O)NCC2CCCS2(=O)=O)cn1. The van der Waals surface area contributed by atoms with Gasteiger partial charge in [-0.2, -0.15) is 0 Å². The van der Waals surface area contributed by atoms with Gasteiger partial charge in [-0.05, 0) is 19.3 Å². The van der Waals surface area contributed by atoms with Crippen LogP contribution >= 0.6 is 0 Å². The second kappa shape index (κ2) is 6.84. The molecule has 0 aromatic carbocycles. The van der Waals surface area contributed by atoms with Gasteiger partial charge in [-0.3, -0.25) is 4.79 Å². The van der Waals surface area contributed by atoms with E-state index in [4.69, 9.17) is 0 Å². The maximum atomic E-state index is 11.9. The number of anilines is 1. The predicted octanol–water partition coefficient (Wildman–Crippen LogP) is 0.606. The Labute approximate surface area is 124 Å². The lowest BCUT2D eigenvalue weighted by atomic mass is 10.2. The molecule has 0 radical (unpaired) electrons. The summed E-state index contributed by atoms with van der Waals surface area (Å²) in [6.45, 7) is 2.97. The number of hydrogen-bond acceptors (Lipinski definition) is 6. The number of sulfone groups is 1. The number of hydrogen-bond donors (Lipinski definition) is 2. The summed E-state index contributed by atoms with van der Waals surface area (Å²) in [6, 6.07) is 0. The summed E-state index contributed by atoms with van der Waals surface area (Å²) in [5.41, 5.74) is 0.187. The molecule has 1 unspecified atom stereocenters. The van der Waals surface area contributed by atoms with Crippen LogP contribution in [0.25, 0.3) is 0 Å². The summed E-state index contributed by atoms with van der Waals surface area (Å²) in [5, 5.41) is 5.21. The van der Waals surface area contributed by atoms with Gasteiger partial charge in [-0.25, -0.2) is 18.4 Å². The zero-order chi connectivity index (χ0) is 15.3. The van der Waals surface area contributed by atoms with Gasteiger partial charge in [-0.1, -0.05) is 6.92 Å². The number of nitrogens with zero attached hydrogens (tertiary/aromatic N) is 2. The molecule has 1 saturated heterocycles. The fourth-order valence-corrected chi connectivity index (χ4v) is 3.94. The monoisotopic (exact) mass is 312 g/mol. The second-order valence-electron chi connectivity index (χ2n) is 5.05. The van der Waals surface area contributed by atoms with Crippen LogP contribution in [0, 0.1) is 0 Å². The molecule has 1 aromatic rings. The first-order valence-electron chi connectivity index (χ1n) is 7.08. The highest BCUT2D eigenvalue weighted by molar-refractivity contribution is 7.92. The van der Waals surface area contributed by atoms with Crippen molar-refractivity contribution in [3.05, 3.63) is 18.1 Å². The van der Waals surface area contributed by atoms with Crippen LogP contribution in [0.3, 0.4) is 0 Å². The third-order valence-corrected chi connectivity index (χ3v) is 5.67. The van der Waals surface area contributed by atoms with E-state index in [2.05, 4.69) is 20.6 Å². The van der Waals surface area contributed by atoms with Crippen molar-refractivity contribution < 1.29 is 13.2 Å². The first-order valence-corrected chi connectivity index (χ1v) is 8.80. The molecule has 0 spiro atoms. The van der Waals surface area contributed by atoms with Gasteiger partial charge in [-0.15, -0.1) is 0 Å². The van der Waals surface area contributed by atoms with E-state index in [-0.39, 0.29) is 18.0 Å². The third-order valence-electron chi connectivity index (χ3n) is 3.39. The third kappa shape index (κ3) is 4.13. The van der Waals surface area contributed by atoms with Crippen molar-refractivity contribution in [3.8, 4) is 0 Å². The molecule has 1 fully saturated rings. The van der Waals surface area contributed by atoms with Gasteiger partial charge >= 0.3 is 0 Å². The van der Waals surface area contributed by atoms with Crippen molar-refractivity contribution in [1.29, 1.82) is 0 Å². The van der Waals surface area contributed by atoms with E-state index in [1.165, 1.54) is 12.4 Å². The van der Waals surface area contributed by atoms with E-state index >= 15 is 0 Å². The van der Waals surface area contributed by atoms with Crippen LogP contribution in [0.5, 0.6) is 0 Å². The average Bonchev–Trinajstić information content (AvgIpc) is 2.82. The van der Waals surface area contributed by atoms with Crippen molar-refractivity contribution >= 4 is 21.6 Å². The zero-order valence-electron chi connectivity index (χ0n) is 12.0. The molecule has 0 saturated carbocycles. The Morgan fingerprint density at radius 3 is 2.76 bits per heavy atom. The first-order chi connectivity index (χ1) is 10.0. The number of nitrogens with one attached hydrogen (secondary N) is 2. The topological polar surface area (TPSA) is 101 Å². The van der Waals surface area contributed by atoms with Gasteiger partial charge < -0.3 is 10.6 Å². The van der Waals surface area contributed by atoms with Gasteiger partial charge in [0.15, 0.2) is 9.84 Å². The fourth-order valence-electron chi connectivity index (χ4n) is 2.17. The minimum absolute atomic E-state index is 0.138. The quantitative estimate of drug-likeness (QED) is 0.798. The molecule has 2 N–H and O–H groups in total. The molecular weight excluding hydrogens is 292 g/mol. The normalized spacial score (nSPS) is 20.1. The Kier molecular flexibility index (Phi) is 5.11. The highest BCUT2D eigenvalue weighted by Gasteiger charge is 2.31. The summed E-state index contributed by atoms with van der Waals surface area (Å²) in [5.74, 6) is 0.434. The van der Waals surface area contributed by atoms with E-state index in [0.29, 0.717) is 18.7 Å². The maximum Gasteiger partial charge on any atom is 0.271 e. The van der Waals surface area contributed by atoms with E-state index in [1.54, 1.807) is 0 Å². The maximum absolute atomic E-state index is 11.9. The van der Waals surface area contributed by atoms with Gasteiger partial charge in [0.2, 0.25) is 0 Å². The summed E-state index contributed by atoms with van der Waals surface area (Å²) in [4.78, 5) is 20.0. The van der Waals surface area contributed by atoms with Crippen molar-refractivity contribution in [3.63, 3.8) is 0 Å². The van der Waals surface area contributed by atoms with E-state index in [1.807, 2.05) is 6.92 Å². The number of aromatic nitrogens is 2. The van der Waals surface area contributed by atoms with Gasteiger partial charge in [0, 0.05) is 13.1 Å². The van der Waals surface area contributed by atoms with Crippen LogP contribution in [0.4, 0.5) is 5.82 Å². The number of carbonyl (C=O) groups excluding carboxylic acids is 1. The van der Waals surface area contributed by atoms with Crippen LogP contribution in [0.1, 0.15) is 36.7 Å². The molecule has 1 aliphatic rings. The molecule has 1 aromatic heterocycles. The lowest BCUT2D eigenvalue weighted by molar-refractivity contribution is 0.0948. The molecule has 0 bridgehead atoms. The smallest absolute Gasteiger partial charge is 0.271 e. The minimum Gasteiger partial charge on any atom is -0.369 e. The van der Waals surface area contributed by atoms with Crippen molar-refractivity contribution in [2.24, 2.45) is 0 Å². The Morgan fingerprint density at radius 2 is 2.19 bits per heavy atom. The van der Waals surface area contributed by atoms with Crippen molar-refractivity contribution in [2.75, 3.05) is 24.2 Å². The molecule has 2 rings (SSSR count). The molecule has 1 amide bonds. The highest BCUT2D eigenvalue weighted by Crippen LogP contribution is 2.19. The summed E-state index contributed by atoms with van der Waals surface area (Å²) in [6.07, 6.45) is 5.13. The lowest BCUT2D eigenvalue weighted by Gasteiger charge is -2.10. The highest BCUT2D eigenvalue weighted by atomic mass is 32.2. The molecule has 1 aliphatic heterocycles. The van der Waals surface area contributed by atoms with E-state index < -0.39 is 21.0 Å². The predicted molar refractivity (Wildman–Crippen MR) is 80.0 cm³/mol. The van der Waals surface area contributed by atoms with Crippen LogP contribution in [-0.2, 0) is 9.84 Å². The van der Waals surface area contributed by atoms with Crippen LogP contribution in [0.2, 0.25) is 0 Å². The average molecular weight is 312 g/mol. The van der Waals surface area contributed by atoms with E-state index in [9.17, 15) is 13.2 Å². The van der Waals surface area contributed by atoms with Crippen LogP contribution < -0.4 is 10.6 Å². The summed E-state index contributed by atoms with van der Waals surface area (Å²) < 4.78 is 23.3. The Balaban J connectivity index is 1.88. The van der Waals surface area contributed by atoms with Gasteiger partial charge in [0.25, 0.3) is 5.91 Å². The molecule has 0 aliphatic carbocycles. The molecular formula is C13H20N4O3S.